The smallest absolute Gasteiger partial charge is 0.134 e. The highest BCUT2D eigenvalue weighted by atomic mass is 32.1. The van der Waals surface area contributed by atoms with Gasteiger partial charge in [0.05, 0.1) is 21.0 Å². The third-order valence-electron chi connectivity index (χ3n) is 2.49. The minimum absolute atomic E-state index is 0.335. The van der Waals surface area contributed by atoms with Gasteiger partial charge >= 0.3 is 0 Å². The second-order valence-electron chi connectivity index (χ2n) is 4.92. The van der Waals surface area contributed by atoms with Crippen LogP contribution < -0.4 is 0 Å². The fraction of sp³-hybridized carbons (Fsp3) is 0.462. The Hall–Kier alpha value is -0.710. The molecule has 0 saturated carbocycles. The summed E-state index contributed by atoms with van der Waals surface area (Å²) >= 11 is 3.29. The predicted octanol–water partition coefficient (Wildman–Crippen LogP) is 4.22. The fourth-order valence-electron chi connectivity index (χ4n) is 1.67. The Kier molecular flexibility index (Phi) is 3.39. The molecule has 0 saturated heterocycles. The summed E-state index contributed by atoms with van der Waals surface area (Å²) in [7, 11) is 0. The highest BCUT2D eigenvalue weighted by molar-refractivity contribution is 7.21. The van der Waals surface area contributed by atoms with Gasteiger partial charge in [0.25, 0.3) is 0 Å². The SMILES string of the molecule is CC(C)c1nc(-c2cccs2)sc1C(C)(C)O. The molecule has 0 spiro atoms. The molecule has 1 N–H and O–H groups in total. The monoisotopic (exact) mass is 267 g/mol. The van der Waals surface area contributed by atoms with Crippen LogP contribution in [0.4, 0.5) is 0 Å². The summed E-state index contributed by atoms with van der Waals surface area (Å²) in [5, 5.41) is 13.3. The molecule has 0 bridgehead atoms. The summed E-state index contributed by atoms with van der Waals surface area (Å²) < 4.78 is 0. The first-order valence-corrected chi connectivity index (χ1v) is 7.36. The molecule has 0 aliphatic rings. The third kappa shape index (κ3) is 2.59. The van der Waals surface area contributed by atoms with E-state index >= 15 is 0 Å². The molecule has 0 atom stereocenters. The number of aliphatic hydroxyl groups is 1. The number of rotatable bonds is 3. The van der Waals surface area contributed by atoms with E-state index in [0.717, 1.165) is 15.6 Å². The van der Waals surface area contributed by atoms with E-state index in [9.17, 15) is 5.11 Å². The standard InChI is InChI=1S/C13H17NOS2/c1-8(2)10-11(13(3,4)15)17-12(14-10)9-6-5-7-16-9/h5-8,15H,1-4H3. The molecule has 0 aromatic carbocycles. The fourth-order valence-corrected chi connectivity index (χ4v) is 3.69. The Labute approximate surface area is 110 Å². The van der Waals surface area contributed by atoms with Gasteiger partial charge in [0.2, 0.25) is 0 Å². The van der Waals surface area contributed by atoms with Crippen molar-refractivity contribution in [2.75, 3.05) is 0 Å². The van der Waals surface area contributed by atoms with Crippen molar-refractivity contribution in [3.8, 4) is 9.88 Å². The van der Waals surface area contributed by atoms with Crippen LogP contribution >= 0.6 is 22.7 Å². The van der Waals surface area contributed by atoms with Gasteiger partial charge in [-0.2, -0.15) is 0 Å². The molecule has 0 aliphatic carbocycles. The van der Waals surface area contributed by atoms with E-state index in [1.165, 1.54) is 4.88 Å². The first-order chi connectivity index (χ1) is 7.89. The van der Waals surface area contributed by atoms with Gasteiger partial charge in [-0.05, 0) is 31.2 Å². The Morgan fingerprint density at radius 1 is 1.35 bits per heavy atom. The van der Waals surface area contributed by atoms with Crippen LogP contribution in [0.25, 0.3) is 9.88 Å². The van der Waals surface area contributed by atoms with Crippen molar-refractivity contribution in [2.45, 2.75) is 39.2 Å². The average Bonchev–Trinajstić information content (AvgIpc) is 2.85. The van der Waals surface area contributed by atoms with Crippen molar-refractivity contribution in [3.05, 3.63) is 28.1 Å². The van der Waals surface area contributed by atoms with Crippen LogP contribution in [0, 0.1) is 0 Å². The van der Waals surface area contributed by atoms with Crippen molar-refractivity contribution < 1.29 is 5.11 Å². The maximum atomic E-state index is 10.2. The number of hydrogen-bond donors (Lipinski definition) is 1. The van der Waals surface area contributed by atoms with Crippen LogP contribution in [0.3, 0.4) is 0 Å². The Morgan fingerprint density at radius 3 is 2.47 bits per heavy atom. The molecule has 0 amide bonds. The summed E-state index contributed by atoms with van der Waals surface area (Å²) in [6.45, 7) is 7.88. The van der Waals surface area contributed by atoms with Gasteiger partial charge in [0, 0.05) is 0 Å². The van der Waals surface area contributed by atoms with Crippen molar-refractivity contribution in [3.63, 3.8) is 0 Å². The largest absolute Gasteiger partial charge is 0.385 e. The van der Waals surface area contributed by atoms with Crippen LogP contribution in [-0.4, -0.2) is 10.1 Å². The Balaban J connectivity index is 2.53. The summed E-state index contributed by atoms with van der Waals surface area (Å²) in [6.07, 6.45) is 0. The molecule has 0 radical (unpaired) electrons. The summed E-state index contributed by atoms with van der Waals surface area (Å²) in [5.74, 6) is 0.335. The van der Waals surface area contributed by atoms with Gasteiger partial charge < -0.3 is 5.11 Å². The summed E-state index contributed by atoms with van der Waals surface area (Å²) in [6, 6.07) is 4.10. The van der Waals surface area contributed by atoms with Crippen molar-refractivity contribution in [1.29, 1.82) is 0 Å². The van der Waals surface area contributed by atoms with Gasteiger partial charge in [-0.1, -0.05) is 19.9 Å². The van der Waals surface area contributed by atoms with Crippen LogP contribution in [0.5, 0.6) is 0 Å². The topological polar surface area (TPSA) is 33.1 Å². The van der Waals surface area contributed by atoms with Crippen LogP contribution in [0.1, 0.15) is 44.2 Å². The first kappa shape index (κ1) is 12.7. The number of thiophene rings is 1. The molecule has 0 unspecified atom stereocenters. The van der Waals surface area contributed by atoms with E-state index in [1.807, 2.05) is 19.9 Å². The maximum Gasteiger partial charge on any atom is 0.134 e. The number of nitrogens with zero attached hydrogens (tertiary/aromatic N) is 1. The zero-order valence-corrected chi connectivity index (χ0v) is 12.2. The Bertz CT molecular complexity index is 492. The molecule has 92 valence electrons. The molecule has 2 rings (SSSR count). The number of aromatic nitrogens is 1. The lowest BCUT2D eigenvalue weighted by Gasteiger charge is -2.17. The van der Waals surface area contributed by atoms with E-state index in [4.69, 9.17) is 0 Å². The van der Waals surface area contributed by atoms with E-state index in [0.29, 0.717) is 5.92 Å². The number of thiazole rings is 1. The predicted molar refractivity (Wildman–Crippen MR) is 74.8 cm³/mol. The third-order valence-corrected chi connectivity index (χ3v) is 4.91. The molecular formula is C13H17NOS2. The molecule has 2 heterocycles. The lowest BCUT2D eigenvalue weighted by molar-refractivity contribution is 0.0811. The molecule has 2 aromatic heterocycles. The zero-order chi connectivity index (χ0) is 12.6. The van der Waals surface area contributed by atoms with Gasteiger partial charge in [0.15, 0.2) is 0 Å². The van der Waals surface area contributed by atoms with Crippen molar-refractivity contribution >= 4 is 22.7 Å². The van der Waals surface area contributed by atoms with E-state index in [1.54, 1.807) is 22.7 Å². The van der Waals surface area contributed by atoms with E-state index < -0.39 is 5.60 Å². The lowest BCUT2D eigenvalue weighted by Crippen LogP contribution is -2.16. The van der Waals surface area contributed by atoms with Gasteiger partial charge in [-0.3, -0.25) is 0 Å². The molecule has 17 heavy (non-hydrogen) atoms. The normalized spacial score (nSPS) is 12.4. The van der Waals surface area contributed by atoms with Crippen molar-refractivity contribution in [2.24, 2.45) is 0 Å². The minimum Gasteiger partial charge on any atom is -0.385 e. The molecule has 2 aromatic rings. The van der Waals surface area contributed by atoms with Crippen LogP contribution in [-0.2, 0) is 5.60 Å². The van der Waals surface area contributed by atoms with Gasteiger partial charge in [0.1, 0.15) is 5.01 Å². The summed E-state index contributed by atoms with van der Waals surface area (Å²) in [4.78, 5) is 6.84. The minimum atomic E-state index is -0.813. The molecule has 2 nitrogen and oxygen atoms in total. The maximum absolute atomic E-state index is 10.2. The molecule has 0 fully saturated rings. The first-order valence-electron chi connectivity index (χ1n) is 5.67. The highest BCUT2D eigenvalue weighted by Crippen LogP contribution is 2.39. The Morgan fingerprint density at radius 2 is 2.06 bits per heavy atom. The average molecular weight is 267 g/mol. The van der Waals surface area contributed by atoms with E-state index in [2.05, 4.69) is 30.3 Å². The van der Waals surface area contributed by atoms with E-state index in [-0.39, 0.29) is 0 Å². The van der Waals surface area contributed by atoms with Crippen molar-refractivity contribution in [1.82, 2.24) is 4.98 Å². The van der Waals surface area contributed by atoms with Gasteiger partial charge in [-0.15, -0.1) is 22.7 Å². The summed E-state index contributed by atoms with van der Waals surface area (Å²) in [5.41, 5.74) is 0.207. The second-order valence-corrected chi connectivity index (χ2v) is 6.87. The van der Waals surface area contributed by atoms with Crippen LogP contribution in [0.15, 0.2) is 17.5 Å². The second kappa shape index (κ2) is 4.52. The zero-order valence-electron chi connectivity index (χ0n) is 10.5. The quantitative estimate of drug-likeness (QED) is 0.903. The molecular weight excluding hydrogens is 250 g/mol. The highest BCUT2D eigenvalue weighted by Gasteiger charge is 2.26. The van der Waals surface area contributed by atoms with Gasteiger partial charge in [-0.25, -0.2) is 4.98 Å². The molecule has 0 aliphatic heterocycles. The lowest BCUT2D eigenvalue weighted by atomic mass is 10.0. The molecule has 4 heteroatoms. The number of hydrogen-bond acceptors (Lipinski definition) is 4. The van der Waals surface area contributed by atoms with Crippen LogP contribution in [0.2, 0.25) is 0 Å².